The van der Waals surface area contributed by atoms with Gasteiger partial charge in [0.2, 0.25) is 5.91 Å². The average Bonchev–Trinajstić information content (AvgIpc) is 3.44. The first-order chi connectivity index (χ1) is 14.6. The molecule has 1 saturated heterocycles. The molecule has 1 aliphatic heterocycles. The number of carbonyl (C=O) groups excluding carboxylic acids is 3. The molecule has 1 fully saturated rings. The van der Waals surface area contributed by atoms with Gasteiger partial charge in [0.15, 0.2) is 0 Å². The normalized spacial score (nSPS) is 20.6. The summed E-state index contributed by atoms with van der Waals surface area (Å²) in [5, 5.41) is 8.80. The van der Waals surface area contributed by atoms with E-state index in [1.165, 1.54) is 0 Å². The van der Waals surface area contributed by atoms with Crippen LogP contribution in [-0.4, -0.2) is 40.8 Å². The van der Waals surface area contributed by atoms with Crippen LogP contribution in [0, 0.1) is 0 Å². The highest BCUT2D eigenvalue weighted by atomic mass is 32.1. The summed E-state index contributed by atoms with van der Waals surface area (Å²) in [6.45, 7) is 0.171. The molecule has 2 aromatic heterocycles. The maximum Gasteiger partial charge on any atom is 0.325 e. The van der Waals surface area contributed by atoms with Gasteiger partial charge in [-0.3, -0.25) is 14.5 Å². The van der Waals surface area contributed by atoms with Crippen LogP contribution in [0.1, 0.15) is 28.8 Å². The number of thiophene rings is 1. The number of hydrogen-bond acceptors (Lipinski definition) is 4. The largest absolute Gasteiger partial charge is 0.361 e. The SMILES string of the molecule is O=C(CN1C(=O)N[C@]2(CCCc3sccc32)C1=O)NCCc1c[nH]c2ccccc12. The molecule has 5 rings (SSSR count). The predicted molar refractivity (Wildman–Crippen MR) is 114 cm³/mol. The van der Waals surface area contributed by atoms with Gasteiger partial charge in [0.25, 0.3) is 5.91 Å². The number of imide groups is 1. The highest BCUT2D eigenvalue weighted by Crippen LogP contribution is 2.41. The van der Waals surface area contributed by atoms with Crippen molar-refractivity contribution in [3.63, 3.8) is 0 Å². The topological polar surface area (TPSA) is 94.3 Å². The van der Waals surface area contributed by atoms with Crippen molar-refractivity contribution in [2.45, 2.75) is 31.2 Å². The second kappa shape index (κ2) is 7.28. The van der Waals surface area contributed by atoms with Crippen LogP contribution in [0.2, 0.25) is 0 Å². The molecule has 0 bridgehead atoms. The standard InChI is InChI=1S/C22H22N4O3S/c27-19(23-10-7-14-12-24-17-5-2-1-4-15(14)17)13-26-20(28)22(25-21(26)29)9-3-6-18-16(22)8-11-30-18/h1-2,4-5,8,11-12,24H,3,6-7,9-10,13H2,(H,23,27)(H,25,29)/t22-/m0/s1. The number of aromatic amines is 1. The Hall–Kier alpha value is -3.13. The van der Waals surface area contributed by atoms with E-state index in [-0.39, 0.29) is 18.4 Å². The molecule has 1 aliphatic carbocycles. The molecule has 3 N–H and O–H groups in total. The summed E-state index contributed by atoms with van der Waals surface area (Å²) >= 11 is 1.61. The van der Waals surface area contributed by atoms with Gasteiger partial charge in [-0.1, -0.05) is 18.2 Å². The lowest BCUT2D eigenvalue weighted by Gasteiger charge is -2.31. The maximum absolute atomic E-state index is 13.2. The van der Waals surface area contributed by atoms with E-state index in [0.29, 0.717) is 19.4 Å². The van der Waals surface area contributed by atoms with E-state index in [9.17, 15) is 14.4 Å². The second-order valence-corrected chi connectivity index (χ2v) is 8.80. The molecule has 154 valence electrons. The fourth-order valence-electron chi connectivity index (χ4n) is 4.56. The molecule has 7 nitrogen and oxygen atoms in total. The van der Waals surface area contributed by atoms with Gasteiger partial charge < -0.3 is 15.6 Å². The molecule has 0 unspecified atom stereocenters. The van der Waals surface area contributed by atoms with Crippen molar-refractivity contribution in [1.29, 1.82) is 0 Å². The molecule has 1 aromatic carbocycles. The molecule has 30 heavy (non-hydrogen) atoms. The Morgan fingerprint density at radius 1 is 1.23 bits per heavy atom. The number of para-hydroxylation sites is 1. The zero-order valence-corrected chi connectivity index (χ0v) is 17.2. The fourth-order valence-corrected chi connectivity index (χ4v) is 5.56. The van der Waals surface area contributed by atoms with Crippen LogP contribution in [-0.2, 0) is 28.0 Å². The molecule has 0 saturated carbocycles. The van der Waals surface area contributed by atoms with E-state index in [1.807, 2.05) is 41.9 Å². The molecule has 3 aromatic rings. The number of hydrogen-bond donors (Lipinski definition) is 3. The Morgan fingerprint density at radius 2 is 2.10 bits per heavy atom. The molecule has 3 heterocycles. The monoisotopic (exact) mass is 422 g/mol. The number of carbonyl (C=O) groups is 3. The minimum Gasteiger partial charge on any atom is -0.361 e. The molecule has 1 spiro atoms. The number of rotatable bonds is 5. The van der Waals surface area contributed by atoms with E-state index in [2.05, 4.69) is 15.6 Å². The molecule has 4 amide bonds. The van der Waals surface area contributed by atoms with Crippen molar-refractivity contribution < 1.29 is 14.4 Å². The first kappa shape index (κ1) is 18.9. The number of aromatic nitrogens is 1. The molecule has 8 heteroatoms. The van der Waals surface area contributed by atoms with E-state index in [1.54, 1.807) is 11.3 Å². The first-order valence-electron chi connectivity index (χ1n) is 10.1. The Morgan fingerprint density at radius 3 is 3.00 bits per heavy atom. The number of aryl methyl sites for hydroxylation is 1. The summed E-state index contributed by atoms with van der Waals surface area (Å²) in [6, 6.07) is 9.43. The molecule has 2 aliphatic rings. The van der Waals surface area contributed by atoms with Crippen LogP contribution in [0.3, 0.4) is 0 Å². The Kier molecular flexibility index (Phi) is 4.58. The van der Waals surface area contributed by atoms with E-state index in [4.69, 9.17) is 0 Å². The summed E-state index contributed by atoms with van der Waals surface area (Å²) in [5.41, 5.74) is 2.06. The third-order valence-corrected chi connectivity index (χ3v) is 7.01. The zero-order chi connectivity index (χ0) is 20.7. The fraction of sp³-hybridized carbons (Fsp3) is 0.318. The summed E-state index contributed by atoms with van der Waals surface area (Å²) in [4.78, 5) is 43.6. The number of amides is 4. The lowest BCUT2D eigenvalue weighted by Crippen LogP contribution is -2.46. The van der Waals surface area contributed by atoms with Crippen LogP contribution >= 0.6 is 11.3 Å². The van der Waals surface area contributed by atoms with Gasteiger partial charge in [-0.05, 0) is 48.8 Å². The van der Waals surface area contributed by atoms with E-state index < -0.39 is 11.6 Å². The Labute approximate surface area is 177 Å². The summed E-state index contributed by atoms with van der Waals surface area (Å²) in [5.74, 6) is -0.657. The van der Waals surface area contributed by atoms with Crippen molar-refractivity contribution in [2.24, 2.45) is 0 Å². The van der Waals surface area contributed by atoms with Crippen molar-refractivity contribution in [2.75, 3.05) is 13.1 Å². The number of nitrogens with one attached hydrogen (secondary N) is 3. The lowest BCUT2D eigenvalue weighted by atomic mass is 9.80. The van der Waals surface area contributed by atoms with E-state index >= 15 is 0 Å². The maximum atomic E-state index is 13.2. The predicted octanol–water partition coefficient (Wildman–Crippen LogP) is 2.67. The minimum atomic E-state index is -1.00. The van der Waals surface area contributed by atoms with Gasteiger partial charge in [0.1, 0.15) is 12.1 Å². The molecular weight excluding hydrogens is 400 g/mol. The van der Waals surface area contributed by atoms with Crippen molar-refractivity contribution in [3.8, 4) is 0 Å². The summed E-state index contributed by atoms with van der Waals surface area (Å²) in [7, 11) is 0. The average molecular weight is 423 g/mol. The molecule has 1 atom stereocenters. The van der Waals surface area contributed by atoms with Crippen LogP contribution in [0.5, 0.6) is 0 Å². The summed E-state index contributed by atoms with van der Waals surface area (Å²) < 4.78 is 0. The third kappa shape index (κ3) is 2.99. The highest BCUT2D eigenvalue weighted by molar-refractivity contribution is 7.10. The molecular formula is C22H22N4O3S. The minimum absolute atomic E-state index is 0.264. The van der Waals surface area contributed by atoms with Crippen LogP contribution < -0.4 is 10.6 Å². The van der Waals surface area contributed by atoms with Gasteiger partial charge in [-0.25, -0.2) is 4.79 Å². The Balaban J connectivity index is 1.22. The molecule has 0 radical (unpaired) electrons. The quantitative estimate of drug-likeness (QED) is 0.552. The van der Waals surface area contributed by atoms with Crippen LogP contribution in [0.25, 0.3) is 10.9 Å². The number of fused-ring (bicyclic) bond motifs is 3. The lowest BCUT2D eigenvalue weighted by molar-refractivity contribution is -0.135. The summed E-state index contributed by atoms with van der Waals surface area (Å²) in [6.07, 6.45) is 4.94. The zero-order valence-electron chi connectivity index (χ0n) is 16.4. The van der Waals surface area contributed by atoms with Gasteiger partial charge in [-0.15, -0.1) is 11.3 Å². The number of benzene rings is 1. The van der Waals surface area contributed by atoms with Crippen molar-refractivity contribution >= 4 is 40.1 Å². The third-order valence-electron chi connectivity index (χ3n) is 6.03. The van der Waals surface area contributed by atoms with Gasteiger partial charge in [0.05, 0.1) is 0 Å². The van der Waals surface area contributed by atoms with Gasteiger partial charge >= 0.3 is 6.03 Å². The van der Waals surface area contributed by atoms with E-state index in [0.717, 1.165) is 44.6 Å². The van der Waals surface area contributed by atoms with Gasteiger partial charge in [0, 0.05) is 34.1 Å². The highest BCUT2D eigenvalue weighted by Gasteiger charge is 2.54. The van der Waals surface area contributed by atoms with Crippen LogP contribution in [0.15, 0.2) is 41.9 Å². The Bertz CT molecular complexity index is 1150. The van der Waals surface area contributed by atoms with Crippen molar-refractivity contribution in [1.82, 2.24) is 20.5 Å². The first-order valence-corrected chi connectivity index (χ1v) is 11.0. The smallest absolute Gasteiger partial charge is 0.325 e. The number of H-pyrrole nitrogens is 1. The number of nitrogens with zero attached hydrogens (tertiary/aromatic N) is 1. The van der Waals surface area contributed by atoms with Crippen LogP contribution in [0.4, 0.5) is 4.79 Å². The van der Waals surface area contributed by atoms with Gasteiger partial charge in [-0.2, -0.15) is 0 Å². The van der Waals surface area contributed by atoms with Crippen molar-refractivity contribution in [3.05, 3.63) is 57.9 Å². The second-order valence-electron chi connectivity index (χ2n) is 7.80. The number of urea groups is 1.